The van der Waals surface area contributed by atoms with E-state index in [0.29, 0.717) is 44.8 Å². The third-order valence-electron chi connectivity index (χ3n) is 4.59. The van der Waals surface area contributed by atoms with E-state index in [1.165, 1.54) is 13.3 Å². The van der Waals surface area contributed by atoms with Crippen LogP contribution < -0.4 is 14.8 Å². The molecule has 0 aliphatic rings. The first-order chi connectivity index (χ1) is 16.1. The number of nitrogens with zero attached hydrogens (tertiary/aromatic N) is 4. The molecule has 164 valence electrons. The zero-order valence-electron chi connectivity index (χ0n) is 17.3. The molecule has 0 bridgehead atoms. The van der Waals surface area contributed by atoms with Crippen molar-refractivity contribution in [2.45, 2.75) is 6.61 Å². The summed E-state index contributed by atoms with van der Waals surface area (Å²) in [6.07, 6.45) is 3.06. The number of anilines is 1. The first-order valence-electron chi connectivity index (χ1n) is 9.62. The second kappa shape index (κ2) is 10.1. The lowest BCUT2D eigenvalue weighted by molar-refractivity contribution is 0.102. The van der Waals surface area contributed by atoms with Gasteiger partial charge in [-0.1, -0.05) is 28.8 Å². The van der Waals surface area contributed by atoms with Gasteiger partial charge in [0.25, 0.3) is 11.1 Å². The Hall–Kier alpha value is -4.00. The fraction of sp³-hybridized carbons (Fsp3) is 0.0870. The fourth-order valence-electron chi connectivity index (χ4n) is 3.00. The van der Waals surface area contributed by atoms with Crippen LogP contribution in [0, 0.1) is 11.3 Å². The third kappa shape index (κ3) is 5.26. The van der Waals surface area contributed by atoms with Crippen LogP contribution >= 0.6 is 22.9 Å². The maximum atomic E-state index is 13.0. The summed E-state index contributed by atoms with van der Waals surface area (Å²) in [5.74, 6) is 0.113. The first kappa shape index (κ1) is 22.2. The average Bonchev–Trinajstić information content (AvgIpc) is 3.30. The molecule has 2 heterocycles. The van der Waals surface area contributed by atoms with Gasteiger partial charge in [-0.05, 0) is 53.3 Å². The van der Waals surface area contributed by atoms with Crippen LogP contribution in [0.25, 0.3) is 11.1 Å². The number of halogens is 1. The van der Waals surface area contributed by atoms with Crippen LogP contribution in [0.4, 0.5) is 5.13 Å². The van der Waals surface area contributed by atoms with Gasteiger partial charge in [0.15, 0.2) is 0 Å². The number of amides is 1. The summed E-state index contributed by atoms with van der Waals surface area (Å²) in [4.78, 5) is 17.2. The van der Waals surface area contributed by atoms with Gasteiger partial charge in [0.05, 0.1) is 24.3 Å². The number of aromatic nitrogens is 3. The van der Waals surface area contributed by atoms with Crippen LogP contribution in [0.5, 0.6) is 10.9 Å². The molecule has 10 heteroatoms. The zero-order chi connectivity index (χ0) is 23.2. The molecule has 0 radical (unpaired) electrons. The number of ether oxygens (including phenoxy) is 2. The largest absolute Gasteiger partial charge is 0.496 e. The minimum atomic E-state index is -0.405. The van der Waals surface area contributed by atoms with Crippen molar-refractivity contribution in [1.82, 2.24) is 15.2 Å². The molecule has 4 aromatic rings. The maximum Gasteiger partial charge on any atom is 0.296 e. The maximum absolute atomic E-state index is 13.0. The van der Waals surface area contributed by atoms with Gasteiger partial charge in [0.1, 0.15) is 12.4 Å². The van der Waals surface area contributed by atoms with Gasteiger partial charge in [-0.3, -0.25) is 15.1 Å². The van der Waals surface area contributed by atoms with Crippen molar-refractivity contribution in [3.8, 4) is 28.1 Å². The highest BCUT2D eigenvalue weighted by molar-refractivity contribution is 7.17. The zero-order valence-corrected chi connectivity index (χ0v) is 18.9. The molecule has 0 aliphatic heterocycles. The lowest BCUT2D eigenvalue weighted by Gasteiger charge is -2.12. The van der Waals surface area contributed by atoms with Crippen molar-refractivity contribution in [1.29, 1.82) is 5.26 Å². The highest BCUT2D eigenvalue weighted by Gasteiger charge is 2.18. The minimum Gasteiger partial charge on any atom is -0.496 e. The Labute approximate surface area is 198 Å². The SMILES string of the molecule is COc1ccc(C#N)cc1-c1cnccc1C(=O)Nc1nnc(OCc2ccc(Cl)cc2)s1. The van der Waals surface area contributed by atoms with E-state index >= 15 is 0 Å². The van der Waals surface area contributed by atoms with Crippen molar-refractivity contribution in [3.05, 3.63) is 82.6 Å². The van der Waals surface area contributed by atoms with E-state index in [4.69, 9.17) is 21.1 Å². The third-order valence-corrected chi connectivity index (χ3v) is 5.59. The van der Waals surface area contributed by atoms with E-state index in [1.807, 2.05) is 12.1 Å². The van der Waals surface area contributed by atoms with E-state index < -0.39 is 5.91 Å². The van der Waals surface area contributed by atoms with Crippen molar-refractivity contribution in [2.24, 2.45) is 0 Å². The highest BCUT2D eigenvalue weighted by atomic mass is 35.5. The van der Waals surface area contributed by atoms with E-state index in [9.17, 15) is 10.1 Å². The Bertz CT molecular complexity index is 1330. The summed E-state index contributed by atoms with van der Waals surface area (Å²) in [6, 6.07) is 15.9. The molecule has 1 amide bonds. The lowest BCUT2D eigenvalue weighted by atomic mass is 9.99. The Morgan fingerprint density at radius 3 is 2.73 bits per heavy atom. The number of rotatable bonds is 7. The van der Waals surface area contributed by atoms with Gasteiger partial charge in [-0.15, -0.1) is 5.10 Å². The van der Waals surface area contributed by atoms with Crippen molar-refractivity contribution in [3.63, 3.8) is 0 Å². The summed E-state index contributed by atoms with van der Waals surface area (Å²) in [7, 11) is 1.52. The summed E-state index contributed by atoms with van der Waals surface area (Å²) in [6.45, 7) is 0.295. The number of hydrogen-bond acceptors (Lipinski definition) is 8. The molecule has 1 N–H and O–H groups in total. The summed E-state index contributed by atoms with van der Waals surface area (Å²) < 4.78 is 11.1. The first-order valence-corrected chi connectivity index (χ1v) is 10.8. The Morgan fingerprint density at radius 1 is 1.15 bits per heavy atom. The van der Waals surface area contributed by atoms with Crippen LogP contribution in [0.15, 0.2) is 60.9 Å². The molecule has 0 atom stereocenters. The van der Waals surface area contributed by atoms with Gasteiger partial charge in [-0.25, -0.2) is 0 Å². The fourth-order valence-corrected chi connectivity index (χ4v) is 3.72. The molecule has 8 nitrogen and oxygen atoms in total. The number of nitrogens with one attached hydrogen (secondary N) is 1. The number of hydrogen-bond donors (Lipinski definition) is 1. The van der Waals surface area contributed by atoms with Crippen LogP contribution in [-0.2, 0) is 6.61 Å². The molecule has 0 aliphatic carbocycles. The van der Waals surface area contributed by atoms with Gasteiger partial charge < -0.3 is 9.47 Å². The average molecular weight is 478 g/mol. The van der Waals surface area contributed by atoms with Crippen molar-refractivity contribution in [2.75, 3.05) is 12.4 Å². The lowest BCUT2D eigenvalue weighted by Crippen LogP contribution is -2.13. The molecular formula is C23H16ClN5O3S. The number of methoxy groups -OCH3 is 1. The molecule has 0 saturated heterocycles. The summed E-state index contributed by atoms with van der Waals surface area (Å²) in [5, 5.41) is 21.2. The molecule has 0 fully saturated rings. The van der Waals surface area contributed by atoms with Gasteiger partial charge >= 0.3 is 0 Å². The smallest absolute Gasteiger partial charge is 0.296 e. The Morgan fingerprint density at radius 2 is 1.97 bits per heavy atom. The molecule has 0 spiro atoms. The quantitative estimate of drug-likeness (QED) is 0.400. The standard InChI is InChI=1S/C23H16ClN5O3S/c1-31-20-7-4-15(11-25)10-18(20)19-12-26-9-8-17(19)21(30)27-22-28-29-23(33-22)32-13-14-2-5-16(24)6-3-14/h2-10,12H,13H2,1H3,(H,27,28,30). The van der Waals surface area contributed by atoms with E-state index in [1.54, 1.807) is 42.6 Å². The molecule has 0 saturated carbocycles. The van der Waals surface area contributed by atoms with Gasteiger partial charge in [0, 0.05) is 28.5 Å². The van der Waals surface area contributed by atoms with Gasteiger partial charge in [0.2, 0.25) is 5.13 Å². The number of carbonyl (C=O) groups is 1. The second-order valence-corrected chi connectivity index (χ2v) is 8.07. The molecule has 0 unspecified atom stereocenters. The molecular weight excluding hydrogens is 462 g/mol. The van der Waals surface area contributed by atoms with Crippen LogP contribution in [0.2, 0.25) is 5.02 Å². The van der Waals surface area contributed by atoms with Crippen LogP contribution in [0.3, 0.4) is 0 Å². The van der Waals surface area contributed by atoms with Crippen LogP contribution in [0.1, 0.15) is 21.5 Å². The minimum absolute atomic E-state index is 0.284. The topological polar surface area (TPSA) is 110 Å². The highest BCUT2D eigenvalue weighted by Crippen LogP contribution is 2.33. The van der Waals surface area contributed by atoms with E-state index in [0.717, 1.165) is 16.9 Å². The van der Waals surface area contributed by atoms with Crippen LogP contribution in [-0.4, -0.2) is 28.2 Å². The Balaban J connectivity index is 1.51. The molecule has 2 aromatic heterocycles. The number of nitriles is 1. The van der Waals surface area contributed by atoms with Crippen molar-refractivity contribution < 1.29 is 14.3 Å². The number of pyridine rings is 1. The predicted octanol–water partition coefficient (Wildman–Crippen LogP) is 4.97. The Kier molecular flexibility index (Phi) is 6.78. The van der Waals surface area contributed by atoms with E-state index in [-0.39, 0.29) is 5.13 Å². The summed E-state index contributed by atoms with van der Waals surface area (Å²) >= 11 is 6.99. The molecule has 33 heavy (non-hydrogen) atoms. The summed E-state index contributed by atoms with van der Waals surface area (Å²) in [5.41, 5.74) is 2.81. The number of benzene rings is 2. The predicted molar refractivity (Wildman–Crippen MR) is 125 cm³/mol. The van der Waals surface area contributed by atoms with E-state index in [2.05, 4.69) is 26.6 Å². The molecule has 2 aromatic carbocycles. The monoisotopic (exact) mass is 477 g/mol. The number of carbonyl (C=O) groups excluding carboxylic acids is 1. The molecule has 4 rings (SSSR count). The normalized spacial score (nSPS) is 10.3. The second-order valence-electron chi connectivity index (χ2n) is 6.69. The van der Waals surface area contributed by atoms with Crippen molar-refractivity contribution >= 4 is 34.0 Å². The van der Waals surface area contributed by atoms with Gasteiger partial charge in [-0.2, -0.15) is 5.26 Å².